The Morgan fingerprint density at radius 2 is 2.07 bits per heavy atom. The van der Waals surface area contributed by atoms with Crippen LogP contribution >= 0.6 is 11.8 Å². The topological polar surface area (TPSA) is 113 Å². The number of carbonyl (C=O) groups excluding carboxylic acids is 3. The van der Waals surface area contributed by atoms with Gasteiger partial charge in [0.25, 0.3) is 5.91 Å². The molecule has 1 N–H and O–H groups in total. The van der Waals surface area contributed by atoms with Crippen LogP contribution < -0.4 is 5.32 Å². The summed E-state index contributed by atoms with van der Waals surface area (Å²) in [6, 6.07) is 10.9. The lowest BCUT2D eigenvalue weighted by molar-refractivity contribution is -0.155. The number of amides is 2. The standard InChI is InChI=1S/C19H17N3O5S/c1-12(23)22-15(11-28-18(22)16-3-2-8-26-16)19(25)27-10-17(24)21-14-6-4-13(9-20)5-7-14/h2-8,15,18H,10-11H2,1H3,(H,21,24)/t15-,18-/m1/s1. The second kappa shape index (κ2) is 8.63. The minimum Gasteiger partial charge on any atom is -0.466 e. The number of thioether (sulfide) groups is 1. The van der Waals surface area contributed by atoms with Crippen molar-refractivity contribution in [3.63, 3.8) is 0 Å². The van der Waals surface area contributed by atoms with Gasteiger partial charge in [0.15, 0.2) is 6.61 Å². The summed E-state index contributed by atoms with van der Waals surface area (Å²) in [5, 5.41) is 10.9. The van der Waals surface area contributed by atoms with E-state index in [1.54, 1.807) is 36.4 Å². The van der Waals surface area contributed by atoms with E-state index in [1.165, 1.54) is 29.8 Å². The van der Waals surface area contributed by atoms with Gasteiger partial charge in [0.1, 0.15) is 17.2 Å². The van der Waals surface area contributed by atoms with Crippen LogP contribution in [-0.4, -0.2) is 41.1 Å². The fraction of sp³-hybridized carbons (Fsp3) is 0.263. The van der Waals surface area contributed by atoms with E-state index in [9.17, 15) is 14.4 Å². The van der Waals surface area contributed by atoms with Crippen molar-refractivity contribution in [2.45, 2.75) is 18.3 Å². The van der Waals surface area contributed by atoms with Crippen molar-refractivity contribution in [2.24, 2.45) is 0 Å². The monoisotopic (exact) mass is 399 g/mol. The van der Waals surface area contributed by atoms with Gasteiger partial charge in [0, 0.05) is 18.4 Å². The molecule has 0 radical (unpaired) electrons. The van der Waals surface area contributed by atoms with E-state index < -0.39 is 29.9 Å². The number of ether oxygens (including phenoxy) is 1. The summed E-state index contributed by atoms with van der Waals surface area (Å²) in [5.74, 6) is -0.516. The number of benzene rings is 1. The van der Waals surface area contributed by atoms with Crippen LogP contribution in [0.3, 0.4) is 0 Å². The van der Waals surface area contributed by atoms with Gasteiger partial charge in [-0.05, 0) is 36.4 Å². The Bertz CT molecular complexity index is 905. The predicted octanol–water partition coefficient (Wildman–Crippen LogP) is 2.30. The molecule has 1 saturated heterocycles. The van der Waals surface area contributed by atoms with Gasteiger partial charge in [-0.3, -0.25) is 9.59 Å². The van der Waals surface area contributed by atoms with Gasteiger partial charge >= 0.3 is 5.97 Å². The van der Waals surface area contributed by atoms with Crippen LogP contribution in [-0.2, 0) is 19.1 Å². The molecule has 2 atom stereocenters. The van der Waals surface area contributed by atoms with Crippen LogP contribution in [0.4, 0.5) is 5.69 Å². The van der Waals surface area contributed by atoms with E-state index in [2.05, 4.69) is 5.32 Å². The average Bonchev–Trinajstić information content (AvgIpc) is 3.36. The summed E-state index contributed by atoms with van der Waals surface area (Å²) in [5.41, 5.74) is 0.957. The number of nitrogens with one attached hydrogen (secondary N) is 1. The van der Waals surface area contributed by atoms with E-state index in [0.29, 0.717) is 22.8 Å². The van der Waals surface area contributed by atoms with Crippen LogP contribution in [0.5, 0.6) is 0 Å². The first kappa shape index (κ1) is 19.5. The SMILES string of the molecule is CC(=O)N1[C@@H](C(=O)OCC(=O)Nc2ccc(C#N)cc2)CS[C@@H]1c1ccco1. The number of anilines is 1. The first-order valence-electron chi connectivity index (χ1n) is 8.40. The lowest BCUT2D eigenvalue weighted by Gasteiger charge is -2.25. The minimum atomic E-state index is -0.791. The Kier molecular flexibility index (Phi) is 6.01. The highest BCUT2D eigenvalue weighted by molar-refractivity contribution is 7.99. The smallest absolute Gasteiger partial charge is 0.330 e. The van der Waals surface area contributed by atoms with Crippen molar-refractivity contribution in [1.82, 2.24) is 4.90 Å². The molecule has 2 aromatic rings. The van der Waals surface area contributed by atoms with Crippen LogP contribution in [0.1, 0.15) is 23.6 Å². The zero-order valence-electron chi connectivity index (χ0n) is 15.0. The highest BCUT2D eigenvalue weighted by Crippen LogP contribution is 2.41. The molecule has 0 aliphatic carbocycles. The summed E-state index contributed by atoms with van der Waals surface area (Å²) >= 11 is 1.40. The van der Waals surface area contributed by atoms with Gasteiger partial charge in [-0.1, -0.05) is 0 Å². The van der Waals surface area contributed by atoms with Gasteiger partial charge in [-0.25, -0.2) is 4.79 Å². The maximum absolute atomic E-state index is 12.4. The molecule has 28 heavy (non-hydrogen) atoms. The maximum Gasteiger partial charge on any atom is 0.330 e. The molecule has 1 aromatic heterocycles. The Morgan fingerprint density at radius 1 is 1.32 bits per heavy atom. The van der Waals surface area contributed by atoms with Crippen molar-refractivity contribution in [3.8, 4) is 6.07 Å². The normalized spacial score (nSPS) is 18.4. The Balaban J connectivity index is 1.57. The second-order valence-electron chi connectivity index (χ2n) is 5.99. The molecule has 1 aliphatic rings. The number of nitriles is 1. The van der Waals surface area contributed by atoms with Gasteiger partial charge in [0.2, 0.25) is 5.91 Å². The third kappa shape index (κ3) is 4.35. The molecule has 0 unspecified atom stereocenters. The number of rotatable bonds is 5. The zero-order valence-corrected chi connectivity index (χ0v) is 15.8. The Hall–Kier alpha value is -3.25. The quantitative estimate of drug-likeness (QED) is 0.768. The fourth-order valence-electron chi connectivity index (χ4n) is 2.78. The summed E-state index contributed by atoms with van der Waals surface area (Å²) in [6.45, 7) is 0.900. The largest absolute Gasteiger partial charge is 0.466 e. The summed E-state index contributed by atoms with van der Waals surface area (Å²) in [6.07, 6.45) is 1.51. The van der Waals surface area contributed by atoms with E-state index in [4.69, 9.17) is 14.4 Å². The Labute approximate surface area is 165 Å². The molecule has 0 bridgehead atoms. The van der Waals surface area contributed by atoms with E-state index in [1.807, 2.05) is 6.07 Å². The first-order chi connectivity index (χ1) is 13.5. The van der Waals surface area contributed by atoms with E-state index in [-0.39, 0.29) is 5.91 Å². The number of hydrogen-bond acceptors (Lipinski definition) is 7. The van der Waals surface area contributed by atoms with Crippen molar-refractivity contribution < 1.29 is 23.5 Å². The molecule has 0 saturated carbocycles. The van der Waals surface area contributed by atoms with Crippen LogP contribution in [0.2, 0.25) is 0 Å². The molecule has 0 spiro atoms. The lowest BCUT2D eigenvalue weighted by Crippen LogP contribution is -2.43. The molecule has 1 fully saturated rings. The fourth-order valence-corrected chi connectivity index (χ4v) is 4.20. The molecule has 144 valence electrons. The van der Waals surface area contributed by atoms with Crippen LogP contribution in [0.25, 0.3) is 0 Å². The van der Waals surface area contributed by atoms with Gasteiger partial charge < -0.3 is 19.4 Å². The lowest BCUT2D eigenvalue weighted by atomic mass is 10.2. The molecule has 1 aromatic carbocycles. The third-order valence-corrected chi connectivity index (χ3v) is 5.35. The average molecular weight is 399 g/mol. The number of furan rings is 1. The highest BCUT2D eigenvalue weighted by atomic mass is 32.2. The number of esters is 1. The van der Waals surface area contributed by atoms with E-state index >= 15 is 0 Å². The van der Waals surface area contributed by atoms with E-state index in [0.717, 1.165) is 0 Å². The van der Waals surface area contributed by atoms with Crippen LogP contribution in [0, 0.1) is 11.3 Å². The predicted molar refractivity (Wildman–Crippen MR) is 101 cm³/mol. The molecule has 9 heteroatoms. The second-order valence-corrected chi connectivity index (χ2v) is 7.10. The summed E-state index contributed by atoms with van der Waals surface area (Å²) < 4.78 is 10.5. The maximum atomic E-state index is 12.4. The Morgan fingerprint density at radius 3 is 2.68 bits per heavy atom. The zero-order chi connectivity index (χ0) is 20.1. The van der Waals surface area contributed by atoms with Crippen molar-refractivity contribution in [1.29, 1.82) is 5.26 Å². The highest BCUT2D eigenvalue weighted by Gasteiger charge is 2.43. The van der Waals surface area contributed by atoms with Crippen molar-refractivity contribution >= 4 is 35.2 Å². The van der Waals surface area contributed by atoms with Crippen molar-refractivity contribution in [2.75, 3.05) is 17.7 Å². The number of carbonyl (C=O) groups is 3. The molecule has 8 nitrogen and oxygen atoms in total. The number of nitrogens with zero attached hydrogens (tertiary/aromatic N) is 2. The summed E-state index contributed by atoms with van der Waals surface area (Å²) in [4.78, 5) is 37.9. The molecule has 1 aliphatic heterocycles. The first-order valence-corrected chi connectivity index (χ1v) is 9.45. The van der Waals surface area contributed by atoms with Gasteiger partial charge in [0.05, 0.1) is 17.9 Å². The van der Waals surface area contributed by atoms with Gasteiger partial charge in [-0.15, -0.1) is 11.8 Å². The van der Waals surface area contributed by atoms with Crippen LogP contribution in [0.15, 0.2) is 47.1 Å². The third-order valence-electron chi connectivity index (χ3n) is 4.07. The molecule has 3 rings (SSSR count). The van der Waals surface area contributed by atoms with Gasteiger partial charge in [-0.2, -0.15) is 5.26 Å². The molecular weight excluding hydrogens is 382 g/mol. The molecular formula is C19H17N3O5S. The minimum absolute atomic E-state index is 0.282. The molecule has 2 amide bonds. The summed E-state index contributed by atoms with van der Waals surface area (Å²) in [7, 11) is 0. The van der Waals surface area contributed by atoms with Crippen molar-refractivity contribution in [3.05, 3.63) is 54.0 Å². The molecule has 2 heterocycles. The number of hydrogen-bond donors (Lipinski definition) is 1.